The predicted octanol–water partition coefficient (Wildman–Crippen LogP) is 8.73. The molecule has 0 spiro atoms. The van der Waals surface area contributed by atoms with E-state index in [4.69, 9.17) is 29.8 Å². The van der Waals surface area contributed by atoms with Gasteiger partial charge in [-0.3, -0.25) is 39.5 Å². The molecule has 4 heterocycles. The van der Waals surface area contributed by atoms with Crippen LogP contribution < -0.4 is 25.8 Å². The Hall–Kier alpha value is -7.02. The van der Waals surface area contributed by atoms with Gasteiger partial charge in [-0.25, -0.2) is 9.59 Å². The maximum atomic E-state index is 13.1. The van der Waals surface area contributed by atoms with Crippen molar-refractivity contribution in [2.24, 2.45) is 0 Å². The zero-order valence-corrected chi connectivity index (χ0v) is 40.5. The number of nitro groups is 1. The number of carbonyl (C=O) groups is 4. The van der Waals surface area contributed by atoms with Crippen LogP contribution in [0, 0.1) is 10.1 Å². The van der Waals surface area contributed by atoms with E-state index in [0.717, 1.165) is 38.5 Å². The molecule has 2 aliphatic rings. The number of carbonyl (C=O) groups excluding carboxylic acids is 4. The number of anilines is 3. The first-order chi connectivity index (χ1) is 32.2. The minimum atomic E-state index is -0.643. The molecule has 19 nitrogen and oxygen atoms in total. The van der Waals surface area contributed by atoms with Crippen LogP contribution in [0.15, 0.2) is 73.1 Å². The molecule has 2 unspecified atom stereocenters. The number of nitrogen functional groups attached to an aromatic ring is 1. The van der Waals surface area contributed by atoms with Crippen LogP contribution in [0.25, 0.3) is 0 Å². The van der Waals surface area contributed by atoms with Gasteiger partial charge >= 0.3 is 12.2 Å². The molecule has 6 rings (SSSR count). The molecule has 68 heavy (non-hydrogen) atoms. The van der Waals surface area contributed by atoms with Gasteiger partial charge in [0.25, 0.3) is 5.69 Å². The highest BCUT2D eigenvalue weighted by atomic mass is 16.6. The number of nitrogens with one attached hydrogen (secondary N) is 2. The number of nitrogens with zero attached hydrogens (tertiary/aromatic N) is 5. The lowest BCUT2D eigenvalue weighted by atomic mass is 9.96. The highest BCUT2D eigenvalue weighted by molar-refractivity contribution is 5.90. The zero-order chi connectivity index (χ0) is 50.2. The summed E-state index contributed by atoms with van der Waals surface area (Å²) in [6, 6.07) is 15.5. The Labute approximate surface area is 397 Å². The predicted molar refractivity (Wildman–Crippen MR) is 258 cm³/mol. The number of ketones is 2. The Kier molecular flexibility index (Phi) is 19.4. The van der Waals surface area contributed by atoms with Crippen LogP contribution in [0.1, 0.15) is 91.5 Å². The van der Waals surface area contributed by atoms with E-state index in [-0.39, 0.29) is 35.8 Å². The van der Waals surface area contributed by atoms with Crippen LogP contribution in [0.4, 0.5) is 32.3 Å². The fraction of sp³-hybridized carbons (Fsp3) is 0.469. The maximum absolute atomic E-state index is 13.1. The molecule has 19 heteroatoms. The van der Waals surface area contributed by atoms with Gasteiger partial charge in [-0.05, 0) is 116 Å². The second-order valence-corrected chi connectivity index (χ2v) is 18.0. The summed E-state index contributed by atoms with van der Waals surface area (Å²) in [4.78, 5) is 73.9. The summed E-state index contributed by atoms with van der Waals surface area (Å²) < 4.78 is 22.7. The van der Waals surface area contributed by atoms with Crippen molar-refractivity contribution in [3.8, 4) is 23.0 Å². The van der Waals surface area contributed by atoms with Crippen molar-refractivity contribution < 1.29 is 48.2 Å². The highest BCUT2D eigenvalue weighted by Crippen LogP contribution is 2.32. The zero-order valence-electron chi connectivity index (χ0n) is 40.5. The van der Waals surface area contributed by atoms with Crippen LogP contribution in [-0.2, 0) is 31.9 Å². The lowest BCUT2D eigenvalue weighted by molar-refractivity contribution is -0.384. The molecule has 2 aromatic carbocycles. The number of nitro benzene ring substituents is 1. The Bertz CT molecular complexity index is 2370. The first kappa shape index (κ1) is 53.6. The first-order valence-electron chi connectivity index (χ1n) is 22.5. The third kappa shape index (κ3) is 16.1. The molecule has 2 atom stereocenters. The lowest BCUT2D eigenvalue weighted by Crippen LogP contribution is -2.50. The number of piperidine rings is 2. The molecular weight excluding hydrogens is 877 g/mol. The number of aliphatic hydroxyl groups excluding tert-OH is 1. The van der Waals surface area contributed by atoms with Gasteiger partial charge in [-0.2, -0.15) is 0 Å². The number of nitrogens with two attached hydrogens (primary N) is 1. The van der Waals surface area contributed by atoms with Crippen LogP contribution in [0.5, 0.6) is 23.0 Å². The van der Waals surface area contributed by atoms with Gasteiger partial charge in [0.15, 0.2) is 11.6 Å². The van der Waals surface area contributed by atoms with Crippen molar-refractivity contribution in [1.82, 2.24) is 19.8 Å². The number of pyridine rings is 2. The van der Waals surface area contributed by atoms with E-state index in [1.165, 1.54) is 17.2 Å². The summed E-state index contributed by atoms with van der Waals surface area (Å²) >= 11 is 0. The van der Waals surface area contributed by atoms with E-state index >= 15 is 0 Å². The number of hydrogen-bond donors (Lipinski definition) is 4. The fourth-order valence-electron chi connectivity index (χ4n) is 7.48. The van der Waals surface area contributed by atoms with Gasteiger partial charge in [-0.1, -0.05) is 0 Å². The van der Waals surface area contributed by atoms with Crippen LogP contribution in [-0.4, -0.2) is 111 Å². The number of rotatable bonds is 13. The van der Waals surface area contributed by atoms with Crippen molar-refractivity contribution >= 4 is 46.5 Å². The minimum absolute atomic E-state index is 0.0278. The molecule has 0 saturated carbocycles. The highest BCUT2D eigenvalue weighted by Gasteiger charge is 2.36. The number of Topliss-reactive ketones (excluding diaryl/α,β-unsaturated/α-hetero) is 2. The van der Waals surface area contributed by atoms with Gasteiger partial charge in [0.1, 0.15) is 39.9 Å². The number of benzene rings is 2. The molecule has 0 radical (unpaired) electrons. The molecular formula is C49H66N8O11. The number of likely N-dealkylation sites (tertiary alicyclic amines) is 2. The van der Waals surface area contributed by atoms with Crippen molar-refractivity contribution in [2.75, 3.05) is 50.7 Å². The van der Waals surface area contributed by atoms with Crippen molar-refractivity contribution in [3.05, 3.63) is 94.6 Å². The molecule has 2 aliphatic heterocycles. The summed E-state index contributed by atoms with van der Waals surface area (Å²) in [5.74, 6) is 1.67. The molecule has 4 aromatic rings. The standard InChI is InChI=1S/C24H30N4O6.C24H32N4O4.CH4O/c1-24(2,3)34-23(30)27-12-6-5-7-20(27)22(29)14-16-13-18(10-11-26-16)33-17-8-9-19(25-4)21(15-17)28(31)32;1-24(2,3)32-23(30)28-12-6-5-7-21(28)22(29)14-16-13-18(10-11-27-16)31-17-8-9-20(26-4)19(25)15-17;1-2/h8-11,13,15,20,25H,5-7,12,14H2,1-4H3;8-11,13,15,21,26H,5-7,12,14,25H2,1-4H3;2H,1H3. The third-order valence-corrected chi connectivity index (χ3v) is 10.5. The molecule has 368 valence electrons. The fourth-order valence-corrected chi connectivity index (χ4v) is 7.48. The summed E-state index contributed by atoms with van der Waals surface area (Å²) in [5.41, 5.74) is 7.48. The average Bonchev–Trinajstić information content (AvgIpc) is 3.29. The van der Waals surface area contributed by atoms with Crippen molar-refractivity contribution in [3.63, 3.8) is 0 Å². The minimum Gasteiger partial charge on any atom is -0.457 e. The molecule has 2 amide bonds. The molecule has 0 bridgehead atoms. The van der Waals surface area contributed by atoms with Crippen molar-refractivity contribution in [1.29, 1.82) is 0 Å². The van der Waals surface area contributed by atoms with Crippen molar-refractivity contribution in [2.45, 2.75) is 116 Å². The van der Waals surface area contributed by atoms with Gasteiger partial charge in [0.05, 0.1) is 58.7 Å². The smallest absolute Gasteiger partial charge is 0.410 e. The monoisotopic (exact) mass is 942 g/mol. The van der Waals surface area contributed by atoms with Gasteiger partial charge in [0.2, 0.25) is 0 Å². The largest absolute Gasteiger partial charge is 0.457 e. The average molecular weight is 943 g/mol. The van der Waals surface area contributed by atoms with E-state index in [9.17, 15) is 29.3 Å². The van der Waals surface area contributed by atoms with E-state index in [2.05, 4.69) is 20.6 Å². The van der Waals surface area contributed by atoms with Crippen LogP contribution in [0.3, 0.4) is 0 Å². The molecule has 5 N–H and O–H groups in total. The first-order valence-corrected chi connectivity index (χ1v) is 22.5. The lowest BCUT2D eigenvalue weighted by Gasteiger charge is -2.35. The Morgan fingerprint density at radius 1 is 0.676 bits per heavy atom. The summed E-state index contributed by atoms with van der Waals surface area (Å²) in [5, 5.41) is 24.1. The number of aliphatic hydroxyl groups is 1. The third-order valence-electron chi connectivity index (χ3n) is 10.5. The van der Waals surface area contributed by atoms with E-state index in [0.29, 0.717) is 65.9 Å². The second-order valence-electron chi connectivity index (χ2n) is 18.0. The summed E-state index contributed by atoms with van der Waals surface area (Å²) in [6.07, 6.45) is 6.98. The second kappa shape index (κ2) is 24.7. The molecule has 2 fully saturated rings. The van der Waals surface area contributed by atoms with E-state index < -0.39 is 40.4 Å². The van der Waals surface area contributed by atoms with Crippen LogP contribution in [0.2, 0.25) is 0 Å². The Morgan fingerprint density at radius 2 is 1.09 bits per heavy atom. The number of amides is 2. The maximum Gasteiger partial charge on any atom is 0.410 e. The summed E-state index contributed by atoms with van der Waals surface area (Å²) in [6.45, 7) is 11.8. The van der Waals surface area contributed by atoms with E-state index in [1.807, 2.05) is 32.9 Å². The Morgan fingerprint density at radius 3 is 1.49 bits per heavy atom. The topological polar surface area (TPSA) is 251 Å². The summed E-state index contributed by atoms with van der Waals surface area (Å²) in [7, 11) is 4.40. The van der Waals surface area contributed by atoms with Gasteiger partial charge in [-0.15, -0.1) is 0 Å². The van der Waals surface area contributed by atoms with Crippen LogP contribution >= 0.6 is 0 Å². The molecule has 0 aliphatic carbocycles. The van der Waals surface area contributed by atoms with Gasteiger partial charge < -0.3 is 40.4 Å². The normalized spacial score (nSPS) is 15.8. The van der Waals surface area contributed by atoms with E-state index in [1.54, 1.807) is 88.4 Å². The molecule has 2 aromatic heterocycles. The quantitative estimate of drug-likeness (QED) is 0.0555. The molecule has 2 saturated heterocycles. The number of hydrogen-bond acceptors (Lipinski definition) is 16. The van der Waals surface area contributed by atoms with Gasteiger partial charge in [0, 0.05) is 64.9 Å². The SMILES string of the molecule is CNc1ccc(Oc2ccnc(CC(=O)C3CCCCN3C(=O)OC(C)(C)C)c2)cc1N.CNc1ccc(Oc2ccnc(CC(=O)C3CCCCN3C(=O)OC(C)(C)C)c2)cc1[N+](=O)[O-].CO. The number of aromatic nitrogens is 2. The Balaban J connectivity index is 0.000000287. The number of ether oxygens (including phenoxy) is 4.